The molecule has 1 aliphatic rings. The van der Waals surface area contributed by atoms with E-state index in [1.165, 1.54) is 11.3 Å². The van der Waals surface area contributed by atoms with E-state index in [1.54, 1.807) is 4.68 Å². The van der Waals surface area contributed by atoms with Gasteiger partial charge in [0.1, 0.15) is 5.69 Å². The second kappa shape index (κ2) is 7.82. The predicted octanol–water partition coefficient (Wildman–Crippen LogP) is 2.28. The molecule has 2 aromatic heterocycles. The molecule has 0 aromatic carbocycles. The van der Waals surface area contributed by atoms with Crippen molar-refractivity contribution >= 4 is 5.91 Å². The average Bonchev–Trinajstić information content (AvgIpc) is 3.20. The molecule has 0 radical (unpaired) electrons. The van der Waals surface area contributed by atoms with Gasteiger partial charge in [-0.05, 0) is 45.2 Å². The zero-order valence-corrected chi connectivity index (χ0v) is 15.3. The molecule has 0 unspecified atom stereocenters. The molecule has 1 N–H and O–H groups in total. The summed E-state index contributed by atoms with van der Waals surface area (Å²) < 4.78 is 7.17. The number of ether oxygens (including phenoxy) is 1. The highest BCUT2D eigenvalue weighted by Crippen LogP contribution is 2.29. The van der Waals surface area contributed by atoms with E-state index in [-0.39, 0.29) is 5.91 Å². The molecule has 2 aromatic rings. The highest BCUT2D eigenvalue weighted by Gasteiger charge is 2.28. The van der Waals surface area contributed by atoms with Gasteiger partial charge >= 0.3 is 0 Å². The van der Waals surface area contributed by atoms with Crippen LogP contribution >= 0.6 is 0 Å². The number of amides is 1. The number of rotatable bonds is 6. The second-order valence-electron chi connectivity index (χ2n) is 6.62. The molecule has 1 fully saturated rings. The second-order valence-corrected chi connectivity index (χ2v) is 6.62. The molecular formula is C18H27N5O2. The fourth-order valence-electron chi connectivity index (χ4n) is 3.49. The topological polar surface area (TPSA) is 76.0 Å². The third kappa shape index (κ3) is 3.92. The first-order valence-corrected chi connectivity index (χ1v) is 9.01. The minimum atomic E-state index is 0.0666. The maximum absolute atomic E-state index is 12.9. The van der Waals surface area contributed by atoms with Gasteiger partial charge in [-0.1, -0.05) is 0 Å². The summed E-state index contributed by atoms with van der Waals surface area (Å²) in [6, 6.07) is 1.87. The first-order valence-electron chi connectivity index (χ1n) is 9.01. The van der Waals surface area contributed by atoms with Gasteiger partial charge in [0, 0.05) is 31.3 Å². The van der Waals surface area contributed by atoms with Crippen molar-refractivity contribution in [3.8, 4) is 0 Å². The van der Waals surface area contributed by atoms with E-state index in [0.29, 0.717) is 31.4 Å². The molecule has 1 aliphatic heterocycles. The Hall–Kier alpha value is -2.15. The Morgan fingerprint density at radius 3 is 2.76 bits per heavy atom. The van der Waals surface area contributed by atoms with Gasteiger partial charge in [0.25, 0.3) is 5.91 Å². The number of aromatic amines is 1. The molecule has 0 aliphatic carbocycles. The highest BCUT2D eigenvalue weighted by atomic mass is 16.5. The van der Waals surface area contributed by atoms with E-state index in [0.717, 1.165) is 31.6 Å². The number of H-pyrrole nitrogens is 1. The van der Waals surface area contributed by atoms with Crippen molar-refractivity contribution in [1.29, 1.82) is 0 Å². The Morgan fingerprint density at radius 1 is 1.36 bits per heavy atom. The van der Waals surface area contributed by atoms with Crippen LogP contribution in [0.1, 0.15) is 53.1 Å². The Kier molecular flexibility index (Phi) is 5.53. The lowest BCUT2D eigenvalue weighted by molar-refractivity contribution is 0.0694. The molecule has 25 heavy (non-hydrogen) atoms. The summed E-state index contributed by atoms with van der Waals surface area (Å²) in [5.41, 5.74) is 3.94. The number of likely N-dealkylation sites (tertiary alicyclic amines) is 1. The number of nitrogens with zero attached hydrogens (tertiary/aromatic N) is 4. The summed E-state index contributed by atoms with van der Waals surface area (Å²) in [6.07, 6.45) is 3.79. The zero-order chi connectivity index (χ0) is 17.8. The van der Waals surface area contributed by atoms with Gasteiger partial charge in [0.15, 0.2) is 0 Å². The number of carbonyl (C=O) groups excluding carboxylic acids is 1. The summed E-state index contributed by atoms with van der Waals surface area (Å²) in [5.74, 6) is 0.521. The van der Waals surface area contributed by atoms with Crippen LogP contribution in [0.4, 0.5) is 0 Å². The summed E-state index contributed by atoms with van der Waals surface area (Å²) >= 11 is 0. The fraction of sp³-hybridized carbons (Fsp3) is 0.611. The van der Waals surface area contributed by atoms with E-state index in [2.05, 4.69) is 22.2 Å². The Balaban J connectivity index is 1.64. The van der Waals surface area contributed by atoms with Crippen LogP contribution in [-0.2, 0) is 11.3 Å². The van der Waals surface area contributed by atoms with Crippen molar-refractivity contribution in [2.45, 2.75) is 46.1 Å². The van der Waals surface area contributed by atoms with Gasteiger partial charge in [-0.2, -0.15) is 10.2 Å². The van der Waals surface area contributed by atoms with Crippen LogP contribution in [0.3, 0.4) is 0 Å². The van der Waals surface area contributed by atoms with Gasteiger partial charge in [0.05, 0.1) is 25.0 Å². The Morgan fingerprint density at radius 2 is 2.12 bits per heavy atom. The van der Waals surface area contributed by atoms with Gasteiger partial charge < -0.3 is 9.64 Å². The van der Waals surface area contributed by atoms with E-state index in [4.69, 9.17) is 4.74 Å². The van der Waals surface area contributed by atoms with Gasteiger partial charge in [-0.25, -0.2) is 0 Å². The standard InChI is InChI=1S/C18H27N5O2/c1-4-25-10-9-23-16(11-14(3)21-23)18(24)22-7-5-15(6-8-22)17-13(2)12-19-20-17/h11-12,15H,4-10H2,1-3H3,(H,19,20). The summed E-state index contributed by atoms with van der Waals surface area (Å²) in [6.45, 7) is 9.33. The van der Waals surface area contributed by atoms with Crippen molar-refractivity contribution in [3.05, 3.63) is 34.9 Å². The molecule has 7 nitrogen and oxygen atoms in total. The number of piperidine rings is 1. The van der Waals surface area contributed by atoms with Gasteiger partial charge in [-0.15, -0.1) is 0 Å². The van der Waals surface area contributed by atoms with Crippen LogP contribution in [0.15, 0.2) is 12.3 Å². The molecule has 7 heteroatoms. The summed E-state index contributed by atoms with van der Waals surface area (Å²) in [4.78, 5) is 14.9. The number of aromatic nitrogens is 4. The van der Waals surface area contributed by atoms with Crippen LogP contribution in [0.25, 0.3) is 0 Å². The molecule has 0 saturated carbocycles. The number of hydrogen-bond donors (Lipinski definition) is 1. The van der Waals surface area contributed by atoms with Crippen molar-refractivity contribution in [3.63, 3.8) is 0 Å². The molecule has 3 heterocycles. The van der Waals surface area contributed by atoms with Crippen LogP contribution in [0.2, 0.25) is 0 Å². The maximum atomic E-state index is 12.9. The van der Waals surface area contributed by atoms with Crippen molar-refractivity contribution in [2.24, 2.45) is 0 Å². The monoisotopic (exact) mass is 345 g/mol. The van der Waals surface area contributed by atoms with Crippen molar-refractivity contribution in [1.82, 2.24) is 24.9 Å². The van der Waals surface area contributed by atoms with E-state index >= 15 is 0 Å². The molecule has 1 saturated heterocycles. The van der Waals surface area contributed by atoms with Crippen LogP contribution in [0, 0.1) is 13.8 Å². The lowest BCUT2D eigenvalue weighted by Gasteiger charge is -2.31. The fourth-order valence-corrected chi connectivity index (χ4v) is 3.49. The SMILES string of the molecule is CCOCCn1nc(C)cc1C(=O)N1CCC(c2[nH]ncc2C)CC1. The highest BCUT2D eigenvalue weighted by molar-refractivity contribution is 5.92. The first kappa shape index (κ1) is 17.7. The lowest BCUT2D eigenvalue weighted by Crippen LogP contribution is -2.39. The third-order valence-corrected chi connectivity index (χ3v) is 4.83. The summed E-state index contributed by atoms with van der Waals surface area (Å²) in [7, 11) is 0. The van der Waals surface area contributed by atoms with Crippen LogP contribution in [0.5, 0.6) is 0 Å². The number of aryl methyl sites for hydroxylation is 2. The van der Waals surface area contributed by atoms with E-state index < -0.39 is 0 Å². The average molecular weight is 345 g/mol. The van der Waals surface area contributed by atoms with E-state index in [9.17, 15) is 4.79 Å². The van der Waals surface area contributed by atoms with Crippen LogP contribution in [-0.4, -0.2) is 57.1 Å². The van der Waals surface area contributed by atoms with Crippen molar-refractivity contribution < 1.29 is 9.53 Å². The summed E-state index contributed by atoms with van der Waals surface area (Å²) in [5, 5.41) is 11.7. The largest absolute Gasteiger partial charge is 0.380 e. The number of nitrogens with one attached hydrogen (secondary N) is 1. The maximum Gasteiger partial charge on any atom is 0.272 e. The molecule has 0 spiro atoms. The smallest absolute Gasteiger partial charge is 0.272 e. The minimum Gasteiger partial charge on any atom is -0.380 e. The lowest BCUT2D eigenvalue weighted by atomic mass is 9.91. The number of hydrogen-bond acceptors (Lipinski definition) is 4. The first-order chi connectivity index (χ1) is 12.1. The Bertz CT molecular complexity index is 713. The third-order valence-electron chi connectivity index (χ3n) is 4.83. The quantitative estimate of drug-likeness (QED) is 0.815. The zero-order valence-electron chi connectivity index (χ0n) is 15.3. The van der Waals surface area contributed by atoms with Gasteiger partial charge in [-0.3, -0.25) is 14.6 Å². The van der Waals surface area contributed by atoms with Gasteiger partial charge in [0.2, 0.25) is 0 Å². The molecule has 136 valence electrons. The van der Waals surface area contributed by atoms with E-state index in [1.807, 2.05) is 31.0 Å². The minimum absolute atomic E-state index is 0.0666. The normalized spacial score (nSPS) is 15.7. The molecule has 1 amide bonds. The molecule has 0 atom stereocenters. The molecule has 0 bridgehead atoms. The van der Waals surface area contributed by atoms with Crippen molar-refractivity contribution in [2.75, 3.05) is 26.3 Å². The number of carbonyl (C=O) groups is 1. The molecular weight excluding hydrogens is 318 g/mol. The Labute approximate surface area is 148 Å². The molecule has 3 rings (SSSR count). The predicted molar refractivity (Wildman–Crippen MR) is 94.7 cm³/mol. The van der Waals surface area contributed by atoms with Crippen LogP contribution < -0.4 is 0 Å².